The molecule has 0 radical (unpaired) electrons. The Morgan fingerprint density at radius 2 is 2.12 bits per heavy atom. The second kappa shape index (κ2) is 11.9. The molecule has 1 aliphatic heterocycles. The number of carbonyl (C=O) groups is 1. The van der Waals surface area contributed by atoms with E-state index in [2.05, 4.69) is 27.5 Å². The van der Waals surface area contributed by atoms with Crippen LogP contribution in [-0.4, -0.2) is 44.4 Å². The summed E-state index contributed by atoms with van der Waals surface area (Å²) in [7, 11) is 1.61. The first-order valence-corrected chi connectivity index (χ1v) is 10.7. The Labute approximate surface area is 192 Å². The van der Waals surface area contributed by atoms with Gasteiger partial charge in [0.2, 0.25) is 0 Å². The number of pyridine rings is 1. The van der Waals surface area contributed by atoms with Crippen LogP contribution in [0.4, 0.5) is 10.1 Å². The van der Waals surface area contributed by atoms with Gasteiger partial charge in [-0.3, -0.25) is 9.78 Å². The van der Waals surface area contributed by atoms with E-state index in [1.54, 1.807) is 38.6 Å². The number of para-hydroxylation sites is 1. The van der Waals surface area contributed by atoms with Crippen molar-refractivity contribution in [2.75, 3.05) is 38.8 Å². The molecule has 2 aromatic rings. The van der Waals surface area contributed by atoms with Crippen LogP contribution in [0, 0.1) is 5.82 Å². The molecule has 0 bridgehead atoms. The fraction of sp³-hybridized carbons (Fsp3) is 0.333. The van der Waals surface area contributed by atoms with Gasteiger partial charge >= 0.3 is 0 Å². The standard InChI is InChI=1S/C24H29FN4O4/c1-4-32-23-18(25)6-5-7-20(23)29-16(2)22-19(9-11-27-24(22)30)28-14-17-8-10-26-15-21(17)33-13-12-31-3/h5-8,10,15,28-29H,2,4,9,11-14H2,1,3H3,(H,27,30). The highest BCUT2D eigenvalue weighted by Crippen LogP contribution is 2.31. The molecule has 0 saturated carbocycles. The van der Waals surface area contributed by atoms with Gasteiger partial charge in [-0.25, -0.2) is 4.39 Å². The Kier molecular flexibility index (Phi) is 8.65. The van der Waals surface area contributed by atoms with E-state index < -0.39 is 5.82 Å². The van der Waals surface area contributed by atoms with Gasteiger partial charge in [-0.05, 0) is 25.1 Å². The van der Waals surface area contributed by atoms with Gasteiger partial charge in [0, 0.05) is 49.8 Å². The summed E-state index contributed by atoms with van der Waals surface area (Å²) in [6.45, 7) is 7.90. The van der Waals surface area contributed by atoms with Gasteiger partial charge in [0.25, 0.3) is 5.91 Å². The molecule has 0 atom stereocenters. The van der Waals surface area contributed by atoms with E-state index in [0.717, 1.165) is 11.3 Å². The number of amides is 1. The zero-order chi connectivity index (χ0) is 23.6. The molecule has 0 unspecified atom stereocenters. The SMILES string of the molecule is C=C(Nc1cccc(F)c1OCC)C1=C(NCc2ccncc2OCCOC)CCNC1=O. The predicted molar refractivity (Wildman–Crippen MR) is 123 cm³/mol. The lowest BCUT2D eigenvalue weighted by Crippen LogP contribution is -2.37. The lowest BCUT2D eigenvalue weighted by atomic mass is 10.0. The second-order valence-corrected chi connectivity index (χ2v) is 7.19. The van der Waals surface area contributed by atoms with E-state index in [0.29, 0.717) is 62.0 Å². The lowest BCUT2D eigenvalue weighted by Gasteiger charge is -2.24. The molecule has 8 nitrogen and oxygen atoms in total. The molecule has 1 aromatic heterocycles. The number of aromatic nitrogens is 1. The number of hydrogen-bond acceptors (Lipinski definition) is 7. The van der Waals surface area contributed by atoms with Crippen LogP contribution in [0.25, 0.3) is 0 Å². The van der Waals surface area contributed by atoms with Crippen LogP contribution in [0.2, 0.25) is 0 Å². The average Bonchev–Trinajstić information content (AvgIpc) is 2.81. The van der Waals surface area contributed by atoms with Gasteiger partial charge in [-0.15, -0.1) is 0 Å². The molecule has 0 aliphatic carbocycles. The minimum atomic E-state index is -0.492. The van der Waals surface area contributed by atoms with Crippen molar-refractivity contribution in [2.24, 2.45) is 0 Å². The molecule has 2 heterocycles. The Morgan fingerprint density at radius 3 is 2.91 bits per heavy atom. The molecule has 1 aliphatic rings. The highest BCUT2D eigenvalue weighted by Gasteiger charge is 2.24. The first-order valence-electron chi connectivity index (χ1n) is 10.7. The van der Waals surface area contributed by atoms with Crippen LogP contribution in [0.3, 0.4) is 0 Å². The van der Waals surface area contributed by atoms with Gasteiger partial charge in [-0.2, -0.15) is 0 Å². The van der Waals surface area contributed by atoms with Crippen LogP contribution in [0.5, 0.6) is 11.5 Å². The smallest absolute Gasteiger partial charge is 0.255 e. The number of anilines is 1. The first kappa shape index (κ1) is 24.1. The molecule has 33 heavy (non-hydrogen) atoms. The zero-order valence-corrected chi connectivity index (χ0v) is 18.9. The van der Waals surface area contributed by atoms with Crippen LogP contribution >= 0.6 is 0 Å². The van der Waals surface area contributed by atoms with Crippen molar-refractivity contribution < 1.29 is 23.4 Å². The third-order valence-electron chi connectivity index (χ3n) is 4.94. The summed E-state index contributed by atoms with van der Waals surface area (Å²) >= 11 is 0. The van der Waals surface area contributed by atoms with E-state index in [4.69, 9.17) is 14.2 Å². The summed E-state index contributed by atoms with van der Waals surface area (Å²) in [6, 6.07) is 6.41. The maximum absolute atomic E-state index is 14.2. The number of halogens is 1. The molecular formula is C24H29FN4O4. The van der Waals surface area contributed by atoms with Gasteiger partial charge in [-0.1, -0.05) is 12.6 Å². The van der Waals surface area contributed by atoms with E-state index in [9.17, 15) is 9.18 Å². The Morgan fingerprint density at radius 1 is 1.27 bits per heavy atom. The van der Waals surface area contributed by atoms with Crippen LogP contribution in [-0.2, 0) is 16.1 Å². The van der Waals surface area contributed by atoms with E-state index >= 15 is 0 Å². The van der Waals surface area contributed by atoms with Gasteiger partial charge in [0.05, 0.1) is 30.7 Å². The van der Waals surface area contributed by atoms with Crippen molar-refractivity contribution >= 4 is 11.6 Å². The summed E-state index contributed by atoms with van der Waals surface area (Å²) < 4.78 is 30.4. The predicted octanol–water partition coefficient (Wildman–Crippen LogP) is 3.13. The Bertz CT molecular complexity index is 1030. The van der Waals surface area contributed by atoms with Crippen molar-refractivity contribution in [3.05, 3.63) is 71.6 Å². The average molecular weight is 457 g/mol. The fourth-order valence-electron chi connectivity index (χ4n) is 3.39. The second-order valence-electron chi connectivity index (χ2n) is 7.19. The number of methoxy groups -OCH3 is 1. The van der Waals surface area contributed by atoms with Crippen molar-refractivity contribution in [1.29, 1.82) is 0 Å². The topological polar surface area (TPSA) is 93.7 Å². The summed E-state index contributed by atoms with van der Waals surface area (Å²) in [5.74, 6) is -0.0275. The molecule has 1 amide bonds. The maximum Gasteiger partial charge on any atom is 0.255 e. The molecule has 3 N–H and O–H groups in total. The maximum atomic E-state index is 14.2. The third-order valence-corrected chi connectivity index (χ3v) is 4.94. The summed E-state index contributed by atoms with van der Waals surface area (Å²) in [5, 5.41) is 9.22. The number of benzene rings is 1. The molecule has 3 rings (SSSR count). The van der Waals surface area contributed by atoms with Gasteiger partial charge < -0.3 is 30.2 Å². The van der Waals surface area contributed by atoms with E-state index in [1.807, 2.05) is 6.07 Å². The van der Waals surface area contributed by atoms with Gasteiger partial charge in [0.1, 0.15) is 12.4 Å². The minimum absolute atomic E-state index is 0.0853. The number of nitrogens with zero attached hydrogens (tertiary/aromatic N) is 1. The number of nitrogens with one attached hydrogen (secondary N) is 3. The van der Waals surface area contributed by atoms with E-state index in [1.165, 1.54) is 6.07 Å². The van der Waals surface area contributed by atoms with Crippen molar-refractivity contribution in [3.63, 3.8) is 0 Å². The Hall–Kier alpha value is -3.59. The zero-order valence-electron chi connectivity index (χ0n) is 18.9. The highest BCUT2D eigenvalue weighted by molar-refractivity contribution is 6.00. The van der Waals surface area contributed by atoms with Crippen molar-refractivity contribution in [2.45, 2.75) is 19.9 Å². The molecule has 0 spiro atoms. The molecule has 0 fully saturated rings. The molecule has 9 heteroatoms. The quantitative estimate of drug-likeness (QED) is 0.423. The van der Waals surface area contributed by atoms with Crippen molar-refractivity contribution in [1.82, 2.24) is 15.6 Å². The lowest BCUT2D eigenvalue weighted by molar-refractivity contribution is -0.117. The highest BCUT2D eigenvalue weighted by atomic mass is 19.1. The monoisotopic (exact) mass is 456 g/mol. The molecule has 176 valence electrons. The van der Waals surface area contributed by atoms with Crippen molar-refractivity contribution in [3.8, 4) is 11.5 Å². The van der Waals surface area contributed by atoms with Crippen LogP contribution < -0.4 is 25.4 Å². The number of ether oxygens (including phenoxy) is 3. The number of hydrogen-bond donors (Lipinski definition) is 3. The van der Waals surface area contributed by atoms with E-state index in [-0.39, 0.29) is 11.7 Å². The summed E-state index contributed by atoms with van der Waals surface area (Å²) in [6.07, 6.45) is 3.92. The normalized spacial score (nSPS) is 13.4. The number of rotatable bonds is 12. The van der Waals surface area contributed by atoms with Crippen LogP contribution in [0.15, 0.2) is 60.2 Å². The third kappa shape index (κ3) is 6.23. The summed E-state index contributed by atoms with van der Waals surface area (Å²) in [5.41, 5.74) is 2.73. The molecule has 1 aromatic carbocycles. The summed E-state index contributed by atoms with van der Waals surface area (Å²) in [4.78, 5) is 16.8. The molecular weight excluding hydrogens is 427 g/mol. The first-order chi connectivity index (χ1) is 16.0. The number of carbonyl (C=O) groups excluding carboxylic acids is 1. The largest absolute Gasteiger partial charge is 0.489 e. The van der Waals surface area contributed by atoms with Gasteiger partial charge in [0.15, 0.2) is 11.6 Å². The molecule has 0 saturated heterocycles. The van der Waals surface area contributed by atoms with Crippen LogP contribution in [0.1, 0.15) is 18.9 Å². The Balaban J connectivity index is 1.80. The minimum Gasteiger partial charge on any atom is -0.489 e. The fourth-order valence-corrected chi connectivity index (χ4v) is 3.39.